The molecule has 2 aromatic carbocycles. The monoisotopic (exact) mass is 508 g/mol. The number of nitro benzene ring substituents is 1. The van der Waals surface area contributed by atoms with Crippen LogP contribution in [0.25, 0.3) is 17.4 Å². The Morgan fingerprint density at radius 2 is 1.78 bits per heavy atom. The molecule has 1 aliphatic rings. The second-order valence-electron chi connectivity index (χ2n) is 6.59. The Labute approximate surface area is 200 Å². The lowest BCUT2D eigenvalue weighted by Crippen LogP contribution is -2.27. The zero-order chi connectivity index (χ0) is 23.0. The molecule has 32 heavy (non-hydrogen) atoms. The van der Waals surface area contributed by atoms with E-state index in [-0.39, 0.29) is 39.2 Å². The van der Waals surface area contributed by atoms with Crippen LogP contribution in [0.3, 0.4) is 0 Å². The molecule has 1 aliphatic heterocycles. The van der Waals surface area contributed by atoms with Crippen LogP contribution in [0.4, 0.5) is 10.5 Å². The lowest BCUT2D eigenvalue weighted by Gasteiger charge is -2.14. The number of thioether (sulfide) groups is 1. The maximum Gasteiger partial charge on any atom is 0.293 e. The molecule has 0 atom stereocenters. The van der Waals surface area contributed by atoms with Gasteiger partial charge in [0, 0.05) is 32.8 Å². The summed E-state index contributed by atoms with van der Waals surface area (Å²) < 4.78 is 5.68. The summed E-state index contributed by atoms with van der Waals surface area (Å²) in [4.78, 5) is 37.2. The number of nitrogens with zero attached hydrogens (tertiary/aromatic N) is 2. The number of hydrogen-bond donors (Lipinski definition) is 0. The highest BCUT2D eigenvalue weighted by Gasteiger charge is 2.36. The minimum Gasteiger partial charge on any atom is -0.456 e. The Morgan fingerprint density at radius 1 is 1.06 bits per heavy atom. The van der Waals surface area contributed by atoms with Crippen LogP contribution < -0.4 is 0 Å². The largest absolute Gasteiger partial charge is 0.456 e. The first-order valence-corrected chi connectivity index (χ1v) is 10.9. The number of nitro groups is 1. The van der Waals surface area contributed by atoms with Crippen molar-refractivity contribution in [2.24, 2.45) is 0 Å². The van der Waals surface area contributed by atoms with E-state index in [2.05, 4.69) is 0 Å². The quantitative estimate of drug-likeness (QED) is 0.208. The van der Waals surface area contributed by atoms with Crippen molar-refractivity contribution < 1.29 is 18.9 Å². The molecule has 1 fully saturated rings. The molecule has 0 aliphatic carbocycles. The third kappa shape index (κ3) is 4.40. The highest BCUT2D eigenvalue weighted by Crippen LogP contribution is 2.37. The number of benzene rings is 2. The van der Waals surface area contributed by atoms with Crippen LogP contribution >= 0.6 is 46.6 Å². The standard InChI is InChI=1S/C21H11Cl3N2O5S/c22-11-4-6-13(17(8-11)26(29)30)18-7-5-12(31-18)9-19-20(27)25(21(28)32-19)10-14-15(23)2-1-3-16(14)24/h1-9H,10H2/b19-9-. The third-order valence-electron chi connectivity index (χ3n) is 4.57. The summed E-state index contributed by atoms with van der Waals surface area (Å²) in [6, 6.07) is 12.2. The van der Waals surface area contributed by atoms with Crippen LogP contribution in [0.1, 0.15) is 11.3 Å². The van der Waals surface area contributed by atoms with Crippen LogP contribution in [0.15, 0.2) is 57.9 Å². The number of hydrogen-bond acceptors (Lipinski definition) is 6. The number of halogens is 3. The number of carbonyl (C=O) groups is 2. The van der Waals surface area contributed by atoms with Gasteiger partial charge in [-0.05, 0) is 48.2 Å². The average molecular weight is 510 g/mol. The Kier molecular flexibility index (Phi) is 6.30. The van der Waals surface area contributed by atoms with E-state index >= 15 is 0 Å². The minimum absolute atomic E-state index is 0.0686. The van der Waals surface area contributed by atoms with E-state index in [1.165, 1.54) is 30.3 Å². The van der Waals surface area contributed by atoms with Gasteiger partial charge in [-0.15, -0.1) is 0 Å². The Bertz CT molecular complexity index is 1280. The van der Waals surface area contributed by atoms with Crippen LogP contribution in [0.5, 0.6) is 0 Å². The van der Waals surface area contributed by atoms with E-state index in [9.17, 15) is 19.7 Å². The van der Waals surface area contributed by atoms with Crippen LogP contribution in [0, 0.1) is 10.1 Å². The molecule has 2 amide bonds. The summed E-state index contributed by atoms with van der Waals surface area (Å²) in [5.74, 6) is -0.0429. The van der Waals surface area contributed by atoms with Crippen molar-refractivity contribution in [3.8, 4) is 11.3 Å². The van der Waals surface area contributed by atoms with Gasteiger partial charge in [-0.1, -0.05) is 40.9 Å². The first-order chi connectivity index (χ1) is 15.2. The molecule has 1 saturated heterocycles. The van der Waals surface area contributed by atoms with Gasteiger partial charge in [0.25, 0.3) is 16.8 Å². The molecular weight excluding hydrogens is 499 g/mol. The SMILES string of the molecule is O=C1S/C(=C\c2ccc(-c3ccc(Cl)cc3[N+](=O)[O-])o2)C(=O)N1Cc1c(Cl)cccc1Cl. The molecule has 0 N–H and O–H groups in total. The molecule has 0 saturated carbocycles. The number of rotatable bonds is 5. The molecule has 0 bridgehead atoms. The van der Waals surface area contributed by atoms with Crippen molar-refractivity contribution in [2.75, 3.05) is 0 Å². The smallest absolute Gasteiger partial charge is 0.293 e. The minimum atomic E-state index is -0.561. The molecule has 4 rings (SSSR count). The van der Waals surface area contributed by atoms with E-state index < -0.39 is 16.1 Å². The van der Waals surface area contributed by atoms with Crippen LogP contribution in [-0.4, -0.2) is 21.0 Å². The van der Waals surface area contributed by atoms with E-state index in [0.717, 1.165) is 16.7 Å². The normalized spacial score (nSPS) is 15.1. The van der Waals surface area contributed by atoms with E-state index in [4.69, 9.17) is 39.2 Å². The zero-order valence-electron chi connectivity index (χ0n) is 15.9. The maximum atomic E-state index is 12.8. The molecule has 1 aromatic heterocycles. The third-order valence-corrected chi connectivity index (χ3v) is 6.42. The van der Waals surface area contributed by atoms with Gasteiger partial charge in [-0.2, -0.15) is 0 Å². The van der Waals surface area contributed by atoms with Crippen molar-refractivity contribution in [3.05, 3.63) is 89.9 Å². The second kappa shape index (κ2) is 8.99. The van der Waals surface area contributed by atoms with Gasteiger partial charge < -0.3 is 4.42 Å². The highest BCUT2D eigenvalue weighted by atomic mass is 35.5. The summed E-state index contributed by atoms with van der Waals surface area (Å²) in [5.41, 5.74) is 0.491. The van der Waals surface area contributed by atoms with Gasteiger partial charge in [-0.3, -0.25) is 24.6 Å². The summed E-state index contributed by atoms with van der Waals surface area (Å²) in [6.45, 7) is -0.0686. The second-order valence-corrected chi connectivity index (χ2v) is 8.83. The van der Waals surface area contributed by atoms with Crippen molar-refractivity contribution in [3.63, 3.8) is 0 Å². The van der Waals surface area contributed by atoms with Crippen molar-refractivity contribution in [1.82, 2.24) is 4.90 Å². The fraction of sp³-hybridized carbons (Fsp3) is 0.0476. The van der Waals surface area contributed by atoms with Crippen molar-refractivity contribution >= 4 is 69.5 Å². The molecule has 0 radical (unpaired) electrons. The summed E-state index contributed by atoms with van der Waals surface area (Å²) >= 11 is 18.9. The molecular formula is C21H11Cl3N2O5S. The van der Waals surface area contributed by atoms with Gasteiger partial charge in [0.1, 0.15) is 11.5 Å². The molecule has 2 heterocycles. The van der Waals surface area contributed by atoms with Gasteiger partial charge >= 0.3 is 0 Å². The Balaban J connectivity index is 1.60. The lowest BCUT2D eigenvalue weighted by molar-refractivity contribution is -0.384. The number of imide groups is 1. The van der Waals surface area contributed by atoms with Gasteiger partial charge in [0.2, 0.25) is 0 Å². The Hall–Kier alpha value is -2.78. The summed E-state index contributed by atoms with van der Waals surface area (Å²) in [5, 5.41) is 11.8. The number of furan rings is 1. The topological polar surface area (TPSA) is 93.7 Å². The van der Waals surface area contributed by atoms with Gasteiger partial charge in [-0.25, -0.2) is 0 Å². The zero-order valence-corrected chi connectivity index (χ0v) is 19.0. The maximum absolute atomic E-state index is 12.8. The molecule has 0 unspecified atom stereocenters. The number of carbonyl (C=O) groups excluding carboxylic acids is 2. The molecule has 11 heteroatoms. The first kappa shape index (κ1) is 22.4. The summed E-state index contributed by atoms with van der Waals surface area (Å²) in [7, 11) is 0. The van der Waals surface area contributed by atoms with Crippen molar-refractivity contribution in [2.45, 2.75) is 6.54 Å². The van der Waals surface area contributed by atoms with E-state index in [0.29, 0.717) is 15.6 Å². The Morgan fingerprint density at radius 3 is 2.47 bits per heavy atom. The van der Waals surface area contributed by atoms with Gasteiger partial charge in [0.15, 0.2) is 0 Å². The molecule has 0 spiro atoms. The molecule has 162 valence electrons. The fourth-order valence-corrected chi connectivity index (χ4v) is 4.55. The van der Waals surface area contributed by atoms with Gasteiger partial charge in [0.05, 0.1) is 21.9 Å². The predicted molar refractivity (Wildman–Crippen MR) is 124 cm³/mol. The lowest BCUT2D eigenvalue weighted by atomic mass is 10.1. The van der Waals surface area contributed by atoms with E-state index in [1.54, 1.807) is 24.3 Å². The fourth-order valence-electron chi connectivity index (χ4n) is 3.05. The van der Waals surface area contributed by atoms with Crippen molar-refractivity contribution in [1.29, 1.82) is 0 Å². The molecule has 3 aromatic rings. The summed E-state index contributed by atoms with van der Waals surface area (Å²) in [6.07, 6.45) is 1.41. The van der Waals surface area contributed by atoms with E-state index in [1.807, 2.05) is 0 Å². The number of amides is 2. The average Bonchev–Trinajstić information content (AvgIpc) is 3.30. The van der Waals surface area contributed by atoms with Crippen LogP contribution in [-0.2, 0) is 11.3 Å². The highest BCUT2D eigenvalue weighted by molar-refractivity contribution is 8.18. The molecule has 7 nitrogen and oxygen atoms in total. The predicted octanol–water partition coefficient (Wildman–Crippen LogP) is 7.05. The van der Waals surface area contributed by atoms with Crippen LogP contribution in [0.2, 0.25) is 15.1 Å². The first-order valence-electron chi connectivity index (χ1n) is 8.97.